The Hall–Kier alpha value is -3.86. The quantitative estimate of drug-likeness (QED) is 0.182. The van der Waals surface area contributed by atoms with Crippen LogP contribution in [0.1, 0.15) is 42.5 Å². The fourth-order valence-corrected chi connectivity index (χ4v) is 4.38. The van der Waals surface area contributed by atoms with Crippen LogP contribution < -0.4 is 4.74 Å². The van der Waals surface area contributed by atoms with Crippen LogP contribution in [-0.2, 0) is 17.1 Å². The molecular weight excluding hydrogens is 496 g/mol. The van der Waals surface area contributed by atoms with Crippen molar-refractivity contribution in [2.75, 3.05) is 6.61 Å². The van der Waals surface area contributed by atoms with Gasteiger partial charge in [0.15, 0.2) is 0 Å². The van der Waals surface area contributed by atoms with Crippen LogP contribution in [0.15, 0.2) is 66.7 Å². The number of hydrogen-bond acceptors (Lipinski definition) is 3. The SMILES string of the molecule is CCCCOc1ccccc1-c1cc2cc3nc(cc4ccc(cc5nc(cc1[nH]2)C=C5)[nH]4)C=C3.[Cu]. The van der Waals surface area contributed by atoms with Crippen LogP contribution in [-0.4, -0.2) is 26.5 Å². The molecule has 0 saturated heterocycles. The average molecular weight is 522 g/mol. The molecule has 0 atom stereocenters. The fraction of sp³-hybridized carbons (Fsp3) is 0.133. The average Bonchev–Trinajstić information content (AvgIpc) is 3.65. The van der Waals surface area contributed by atoms with Crippen molar-refractivity contribution in [2.45, 2.75) is 19.8 Å². The Labute approximate surface area is 220 Å². The Balaban J connectivity index is 0.00000267. The van der Waals surface area contributed by atoms with Crippen molar-refractivity contribution >= 4 is 46.4 Å². The number of aromatic amines is 2. The molecule has 183 valence electrons. The zero-order valence-electron chi connectivity index (χ0n) is 19.9. The topological polar surface area (TPSA) is 66.6 Å². The summed E-state index contributed by atoms with van der Waals surface area (Å²) in [6.07, 6.45) is 10.3. The Morgan fingerprint density at radius 2 is 1.28 bits per heavy atom. The van der Waals surface area contributed by atoms with Gasteiger partial charge < -0.3 is 14.7 Å². The van der Waals surface area contributed by atoms with Crippen LogP contribution in [0.4, 0.5) is 0 Å². The van der Waals surface area contributed by atoms with E-state index in [1.807, 2.05) is 42.5 Å². The summed E-state index contributed by atoms with van der Waals surface area (Å²) in [6.45, 7) is 2.88. The van der Waals surface area contributed by atoms with E-state index in [0.29, 0.717) is 6.61 Å². The number of unbranched alkanes of at least 4 members (excludes halogenated alkanes) is 1. The van der Waals surface area contributed by atoms with Crippen LogP contribution in [0, 0.1) is 0 Å². The van der Waals surface area contributed by atoms with Crippen molar-refractivity contribution < 1.29 is 21.8 Å². The smallest absolute Gasteiger partial charge is 0.127 e. The number of para-hydroxylation sites is 1. The van der Waals surface area contributed by atoms with E-state index >= 15 is 0 Å². The van der Waals surface area contributed by atoms with Crippen molar-refractivity contribution in [1.82, 2.24) is 19.9 Å². The summed E-state index contributed by atoms with van der Waals surface area (Å²) >= 11 is 0. The van der Waals surface area contributed by atoms with Gasteiger partial charge in [0, 0.05) is 50.3 Å². The van der Waals surface area contributed by atoms with Crippen LogP contribution in [0.2, 0.25) is 0 Å². The zero-order chi connectivity index (χ0) is 23.6. The summed E-state index contributed by atoms with van der Waals surface area (Å²) in [4.78, 5) is 16.6. The maximum atomic E-state index is 6.16. The number of hydrogen-bond donors (Lipinski definition) is 2. The van der Waals surface area contributed by atoms with Crippen LogP contribution in [0.3, 0.4) is 0 Å². The first-order valence-corrected chi connectivity index (χ1v) is 12.0. The minimum Gasteiger partial charge on any atom is -0.493 e. The maximum absolute atomic E-state index is 6.16. The Morgan fingerprint density at radius 1 is 0.667 bits per heavy atom. The molecule has 6 rings (SSSR count). The molecule has 1 aromatic carbocycles. The molecule has 4 aromatic rings. The van der Waals surface area contributed by atoms with E-state index in [1.165, 1.54) is 0 Å². The molecule has 5 heterocycles. The van der Waals surface area contributed by atoms with Crippen LogP contribution >= 0.6 is 0 Å². The first-order chi connectivity index (χ1) is 17.2. The summed E-state index contributed by atoms with van der Waals surface area (Å²) in [5.74, 6) is 0.891. The van der Waals surface area contributed by atoms with E-state index in [2.05, 4.69) is 65.4 Å². The van der Waals surface area contributed by atoms with Gasteiger partial charge in [0.1, 0.15) is 5.75 Å². The second-order valence-corrected chi connectivity index (χ2v) is 8.79. The number of nitrogens with one attached hydrogen (secondary N) is 2. The van der Waals surface area contributed by atoms with Crippen molar-refractivity contribution in [2.24, 2.45) is 0 Å². The molecule has 0 fully saturated rings. The van der Waals surface area contributed by atoms with Gasteiger partial charge >= 0.3 is 0 Å². The molecule has 36 heavy (non-hydrogen) atoms. The Bertz CT molecular complexity index is 1630. The van der Waals surface area contributed by atoms with E-state index in [-0.39, 0.29) is 17.1 Å². The summed E-state index contributed by atoms with van der Waals surface area (Å²) in [7, 11) is 0. The molecule has 5 nitrogen and oxygen atoms in total. The van der Waals surface area contributed by atoms with E-state index < -0.39 is 0 Å². The standard InChI is InChI=1S/C30H26N4O.Cu/c1-2-3-14-35-30-7-5-4-6-27(30)28-18-26-17-24-11-10-22(32-24)15-20-8-9-21(31-20)16-23-12-13-25(33-23)19-29(28)34-26;/h4-13,15-19,31,34H,2-3,14H2,1H3;. The van der Waals surface area contributed by atoms with Crippen molar-refractivity contribution in [3.8, 4) is 16.9 Å². The number of benzene rings is 1. The van der Waals surface area contributed by atoms with Gasteiger partial charge in [-0.3, -0.25) is 0 Å². The summed E-state index contributed by atoms with van der Waals surface area (Å²) < 4.78 is 6.16. The van der Waals surface area contributed by atoms with Crippen molar-refractivity contribution in [1.29, 1.82) is 0 Å². The van der Waals surface area contributed by atoms with Crippen LogP contribution in [0.25, 0.3) is 57.5 Å². The minimum atomic E-state index is 0. The molecule has 0 aliphatic carbocycles. The van der Waals surface area contributed by atoms with E-state index in [0.717, 1.165) is 74.6 Å². The molecule has 0 unspecified atom stereocenters. The molecule has 6 heteroatoms. The molecule has 0 spiro atoms. The second kappa shape index (κ2) is 10.4. The van der Waals surface area contributed by atoms with E-state index in [1.54, 1.807) is 0 Å². The molecule has 3 aromatic heterocycles. The third kappa shape index (κ3) is 5.06. The minimum absolute atomic E-state index is 0. The van der Waals surface area contributed by atoms with Gasteiger partial charge in [-0.1, -0.05) is 31.5 Å². The van der Waals surface area contributed by atoms with Gasteiger partial charge in [-0.15, -0.1) is 0 Å². The predicted octanol–water partition coefficient (Wildman–Crippen LogP) is 7.50. The third-order valence-electron chi connectivity index (χ3n) is 6.10. The molecule has 2 N–H and O–H groups in total. The first kappa shape index (κ1) is 23.9. The molecule has 2 aliphatic heterocycles. The maximum Gasteiger partial charge on any atom is 0.127 e. The second-order valence-electron chi connectivity index (χ2n) is 8.79. The largest absolute Gasteiger partial charge is 0.493 e. The number of ether oxygens (including phenoxy) is 1. The van der Waals surface area contributed by atoms with Crippen LogP contribution in [0.5, 0.6) is 5.75 Å². The molecule has 1 radical (unpaired) electrons. The Morgan fingerprint density at radius 3 is 1.94 bits per heavy atom. The molecule has 2 aliphatic rings. The molecule has 8 bridgehead atoms. The normalized spacial score (nSPS) is 11.9. The van der Waals surface area contributed by atoms with Gasteiger partial charge in [-0.2, -0.15) is 0 Å². The van der Waals surface area contributed by atoms with Gasteiger partial charge in [0.2, 0.25) is 0 Å². The number of fused-ring (bicyclic) bond motifs is 8. The number of H-pyrrole nitrogens is 2. The first-order valence-electron chi connectivity index (χ1n) is 12.0. The van der Waals surface area contributed by atoms with Crippen molar-refractivity contribution in [3.05, 3.63) is 89.5 Å². The van der Waals surface area contributed by atoms with E-state index in [4.69, 9.17) is 14.7 Å². The van der Waals surface area contributed by atoms with Gasteiger partial charge in [-0.05, 0) is 79.3 Å². The number of rotatable bonds is 5. The van der Waals surface area contributed by atoms with E-state index in [9.17, 15) is 0 Å². The predicted molar refractivity (Wildman–Crippen MR) is 145 cm³/mol. The monoisotopic (exact) mass is 521 g/mol. The molecular formula is C30H26CuN4O. The summed E-state index contributed by atoms with van der Waals surface area (Å²) in [5.41, 5.74) is 9.75. The third-order valence-corrected chi connectivity index (χ3v) is 6.10. The molecule has 0 amide bonds. The summed E-state index contributed by atoms with van der Waals surface area (Å²) in [5, 5.41) is 0. The van der Waals surface area contributed by atoms with Crippen molar-refractivity contribution in [3.63, 3.8) is 0 Å². The molecule has 0 saturated carbocycles. The van der Waals surface area contributed by atoms with Gasteiger partial charge in [0.05, 0.1) is 29.4 Å². The number of nitrogens with zero attached hydrogens (tertiary/aromatic N) is 2. The Kier molecular flexibility index (Phi) is 6.90. The van der Waals surface area contributed by atoms with Gasteiger partial charge in [0.25, 0.3) is 0 Å². The number of aromatic nitrogens is 4. The summed E-state index contributed by atoms with van der Waals surface area (Å²) in [6, 6.07) is 22.8. The zero-order valence-corrected chi connectivity index (χ0v) is 20.8. The van der Waals surface area contributed by atoms with Gasteiger partial charge in [-0.25, -0.2) is 9.97 Å². The fourth-order valence-electron chi connectivity index (χ4n) is 4.38.